The van der Waals surface area contributed by atoms with Crippen LogP contribution in [0.3, 0.4) is 0 Å². The number of halogens is 1. The van der Waals surface area contributed by atoms with Gasteiger partial charge in [0.1, 0.15) is 0 Å². The summed E-state index contributed by atoms with van der Waals surface area (Å²) in [5, 5.41) is 0.615. The van der Waals surface area contributed by atoms with E-state index < -0.39 is 10.0 Å². The molecule has 4 nitrogen and oxygen atoms in total. The quantitative estimate of drug-likeness (QED) is 0.888. The molecule has 0 radical (unpaired) electrons. The van der Waals surface area contributed by atoms with E-state index in [-0.39, 0.29) is 10.9 Å². The van der Waals surface area contributed by atoms with Crippen molar-refractivity contribution in [2.24, 2.45) is 5.73 Å². The van der Waals surface area contributed by atoms with Gasteiger partial charge in [-0.3, -0.25) is 0 Å². The van der Waals surface area contributed by atoms with Crippen LogP contribution in [0, 0.1) is 0 Å². The van der Waals surface area contributed by atoms with E-state index in [1.165, 1.54) is 0 Å². The Labute approximate surface area is 130 Å². The zero-order valence-corrected chi connectivity index (χ0v) is 13.2. The van der Waals surface area contributed by atoms with Crippen LogP contribution in [0.5, 0.6) is 0 Å². The average Bonchev–Trinajstić information content (AvgIpc) is 2.47. The molecule has 0 fully saturated rings. The second-order valence-electron chi connectivity index (χ2n) is 4.75. The molecule has 1 unspecified atom stereocenters. The number of nitrogens with one attached hydrogen (secondary N) is 1. The molecule has 2 aromatic carbocycles. The smallest absolute Gasteiger partial charge is 0.241 e. The van der Waals surface area contributed by atoms with Crippen molar-refractivity contribution in [3.05, 3.63) is 64.7 Å². The highest BCUT2D eigenvalue weighted by atomic mass is 35.5. The highest BCUT2D eigenvalue weighted by Crippen LogP contribution is 2.19. The van der Waals surface area contributed by atoms with Crippen molar-refractivity contribution in [1.82, 2.24) is 4.72 Å². The molecular weight excluding hydrogens is 308 g/mol. The van der Waals surface area contributed by atoms with Gasteiger partial charge in [-0.15, -0.1) is 0 Å². The normalized spacial score (nSPS) is 13.1. The maximum Gasteiger partial charge on any atom is 0.241 e. The van der Waals surface area contributed by atoms with E-state index in [1.807, 2.05) is 0 Å². The predicted octanol–water partition coefficient (Wildman–Crippen LogP) is 2.84. The van der Waals surface area contributed by atoms with E-state index in [0.29, 0.717) is 11.6 Å². The van der Waals surface area contributed by atoms with Gasteiger partial charge in [0.25, 0.3) is 0 Å². The molecular formula is C15H17ClN2O2S. The Morgan fingerprint density at radius 3 is 2.48 bits per heavy atom. The standard InChI is InChI=1S/C15H17ClN2O2S/c1-11(13-5-7-14(16)8-6-13)18-21(19,20)15-4-2-3-12(9-15)10-17/h2-9,11,18H,10,17H2,1H3. The van der Waals surface area contributed by atoms with E-state index in [4.69, 9.17) is 17.3 Å². The molecule has 0 saturated carbocycles. The maximum absolute atomic E-state index is 12.4. The van der Waals surface area contributed by atoms with Gasteiger partial charge in [-0.1, -0.05) is 35.9 Å². The SMILES string of the molecule is CC(NS(=O)(=O)c1cccc(CN)c1)c1ccc(Cl)cc1. The van der Waals surface area contributed by atoms with Crippen LogP contribution < -0.4 is 10.5 Å². The van der Waals surface area contributed by atoms with Gasteiger partial charge in [-0.2, -0.15) is 0 Å². The summed E-state index contributed by atoms with van der Waals surface area (Å²) in [4.78, 5) is 0.214. The Balaban J connectivity index is 2.22. The Morgan fingerprint density at radius 1 is 1.19 bits per heavy atom. The molecule has 3 N–H and O–H groups in total. The molecule has 0 aliphatic carbocycles. The van der Waals surface area contributed by atoms with Crippen molar-refractivity contribution >= 4 is 21.6 Å². The molecule has 0 spiro atoms. The number of hydrogen-bond acceptors (Lipinski definition) is 3. The van der Waals surface area contributed by atoms with Crippen molar-refractivity contribution in [2.75, 3.05) is 0 Å². The molecule has 0 amide bonds. The van der Waals surface area contributed by atoms with Crippen LogP contribution in [0.25, 0.3) is 0 Å². The van der Waals surface area contributed by atoms with Crippen LogP contribution in [-0.4, -0.2) is 8.42 Å². The van der Waals surface area contributed by atoms with Crippen LogP contribution >= 0.6 is 11.6 Å². The molecule has 0 saturated heterocycles. The van der Waals surface area contributed by atoms with Crippen LogP contribution in [0.4, 0.5) is 0 Å². The van der Waals surface area contributed by atoms with E-state index in [0.717, 1.165) is 11.1 Å². The Kier molecular flexibility index (Phi) is 5.00. The third-order valence-corrected chi connectivity index (χ3v) is 4.94. The fourth-order valence-corrected chi connectivity index (χ4v) is 3.39. The molecule has 0 aliphatic heterocycles. The minimum Gasteiger partial charge on any atom is -0.326 e. The second kappa shape index (κ2) is 6.58. The number of benzene rings is 2. The molecule has 21 heavy (non-hydrogen) atoms. The van der Waals surface area contributed by atoms with Crippen molar-refractivity contribution in [3.8, 4) is 0 Å². The van der Waals surface area contributed by atoms with Gasteiger partial charge in [0.05, 0.1) is 4.90 Å². The molecule has 0 bridgehead atoms. The van der Waals surface area contributed by atoms with Gasteiger partial charge in [0.15, 0.2) is 0 Å². The molecule has 0 aromatic heterocycles. The fraction of sp³-hybridized carbons (Fsp3) is 0.200. The van der Waals surface area contributed by atoms with Crippen molar-refractivity contribution in [3.63, 3.8) is 0 Å². The third kappa shape index (κ3) is 4.04. The molecule has 2 aromatic rings. The first-order valence-corrected chi connectivity index (χ1v) is 8.35. The Hall–Kier alpha value is -1.40. The monoisotopic (exact) mass is 324 g/mol. The molecule has 0 aliphatic rings. The average molecular weight is 325 g/mol. The summed E-state index contributed by atoms with van der Waals surface area (Å²) in [6, 6.07) is 13.3. The van der Waals surface area contributed by atoms with E-state index in [1.54, 1.807) is 55.5 Å². The number of hydrogen-bond donors (Lipinski definition) is 2. The lowest BCUT2D eigenvalue weighted by Gasteiger charge is -2.15. The highest BCUT2D eigenvalue weighted by Gasteiger charge is 2.18. The summed E-state index contributed by atoms with van der Waals surface area (Å²) >= 11 is 5.83. The van der Waals surface area contributed by atoms with Gasteiger partial charge >= 0.3 is 0 Å². The minimum absolute atomic E-state index is 0.214. The summed E-state index contributed by atoms with van der Waals surface area (Å²) in [5.41, 5.74) is 7.16. The van der Waals surface area contributed by atoms with Crippen molar-refractivity contribution in [1.29, 1.82) is 0 Å². The summed E-state index contributed by atoms with van der Waals surface area (Å²) in [7, 11) is -3.59. The van der Waals surface area contributed by atoms with Crippen LogP contribution in [-0.2, 0) is 16.6 Å². The van der Waals surface area contributed by atoms with Gasteiger partial charge in [0.2, 0.25) is 10.0 Å². The molecule has 2 rings (SSSR count). The minimum atomic E-state index is -3.59. The number of rotatable bonds is 5. The van der Waals surface area contributed by atoms with Crippen molar-refractivity contribution < 1.29 is 8.42 Å². The van der Waals surface area contributed by atoms with Gasteiger partial charge in [-0.25, -0.2) is 13.1 Å². The van der Waals surface area contributed by atoms with Crippen LogP contribution in [0.2, 0.25) is 5.02 Å². The number of sulfonamides is 1. The fourth-order valence-electron chi connectivity index (χ4n) is 1.96. The van der Waals surface area contributed by atoms with E-state index >= 15 is 0 Å². The zero-order valence-electron chi connectivity index (χ0n) is 11.6. The topological polar surface area (TPSA) is 72.2 Å². The van der Waals surface area contributed by atoms with Gasteiger partial charge < -0.3 is 5.73 Å². The van der Waals surface area contributed by atoms with Crippen LogP contribution in [0.1, 0.15) is 24.1 Å². The summed E-state index contributed by atoms with van der Waals surface area (Å²) in [6.45, 7) is 2.09. The predicted molar refractivity (Wildman–Crippen MR) is 84.5 cm³/mol. The first-order valence-electron chi connectivity index (χ1n) is 6.49. The summed E-state index contributed by atoms with van der Waals surface area (Å²) in [5.74, 6) is 0. The summed E-state index contributed by atoms with van der Waals surface area (Å²) in [6.07, 6.45) is 0. The lowest BCUT2D eigenvalue weighted by Crippen LogP contribution is -2.27. The highest BCUT2D eigenvalue weighted by molar-refractivity contribution is 7.89. The first kappa shape index (κ1) is 16.0. The van der Waals surface area contributed by atoms with E-state index in [2.05, 4.69) is 4.72 Å². The lowest BCUT2D eigenvalue weighted by molar-refractivity contribution is 0.567. The summed E-state index contributed by atoms with van der Waals surface area (Å²) < 4.78 is 27.4. The number of nitrogens with two attached hydrogens (primary N) is 1. The lowest BCUT2D eigenvalue weighted by atomic mass is 10.1. The van der Waals surface area contributed by atoms with Crippen LogP contribution in [0.15, 0.2) is 53.4 Å². The maximum atomic E-state index is 12.4. The molecule has 112 valence electrons. The zero-order chi connectivity index (χ0) is 15.5. The molecule has 1 atom stereocenters. The van der Waals surface area contributed by atoms with Crippen molar-refractivity contribution in [2.45, 2.75) is 24.4 Å². The second-order valence-corrected chi connectivity index (χ2v) is 6.90. The third-order valence-electron chi connectivity index (χ3n) is 3.15. The first-order chi connectivity index (χ1) is 9.92. The van der Waals surface area contributed by atoms with E-state index in [9.17, 15) is 8.42 Å². The Morgan fingerprint density at radius 2 is 1.86 bits per heavy atom. The Bertz CT molecular complexity index is 715. The van der Waals surface area contributed by atoms with Gasteiger partial charge in [0, 0.05) is 17.6 Å². The molecule has 6 heteroatoms. The van der Waals surface area contributed by atoms with Gasteiger partial charge in [-0.05, 0) is 42.3 Å². The largest absolute Gasteiger partial charge is 0.326 e. The molecule has 0 heterocycles.